The van der Waals surface area contributed by atoms with E-state index >= 15 is 0 Å². The number of hydrogen-bond acceptors (Lipinski definition) is 7. The van der Waals surface area contributed by atoms with Gasteiger partial charge in [0.05, 0.1) is 25.2 Å². The Morgan fingerprint density at radius 2 is 1.94 bits per heavy atom. The van der Waals surface area contributed by atoms with E-state index in [9.17, 15) is 4.79 Å². The summed E-state index contributed by atoms with van der Waals surface area (Å²) in [6.45, 7) is 10.7. The minimum Gasteiger partial charge on any atom is -0.491 e. The molecule has 1 aromatic rings. The SMILES string of the molecule is CCOCCOc1ccc(/C=C/C(=O)O[C@@H]2CC[C@]3(CO3)[C@@H](C3(C)O[C@H]3CC=C(C)C)[C@@H]2OC)cc1. The van der Waals surface area contributed by atoms with Gasteiger partial charge in [0, 0.05) is 19.8 Å². The van der Waals surface area contributed by atoms with Gasteiger partial charge >= 0.3 is 5.97 Å². The van der Waals surface area contributed by atoms with Gasteiger partial charge in [-0.05, 0) is 70.7 Å². The molecular weight excluding hydrogens is 460 g/mol. The van der Waals surface area contributed by atoms with Crippen LogP contribution in [0.25, 0.3) is 6.08 Å². The average molecular weight is 501 g/mol. The van der Waals surface area contributed by atoms with Crippen LogP contribution in [-0.4, -0.2) is 69.0 Å². The Kier molecular flexibility index (Phi) is 8.56. The maximum absolute atomic E-state index is 12.7. The summed E-state index contributed by atoms with van der Waals surface area (Å²) in [4.78, 5) is 12.7. The standard InChI is InChI=1S/C29H40O7/c1-6-32-17-18-33-22-11-8-21(9-12-22)10-14-25(30)35-23-15-16-29(19-34-29)27(26(23)31-5)28(4)24(36-28)13-7-20(2)3/h7-12,14,23-24,26-27H,6,13,15-19H2,1-5H3/b14-10+/t23-,24+,26-,27-,28?,29+/m1/s1. The van der Waals surface area contributed by atoms with E-state index in [4.69, 9.17) is 28.4 Å². The van der Waals surface area contributed by atoms with E-state index in [1.165, 1.54) is 11.6 Å². The Balaban J connectivity index is 1.35. The van der Waals surface area contributed by atoms with Crippen molar-refractivity contribution >= 4 is 12.0 Å². The Morgan fingerprint density at radius 3 is 2.58 bits per heavy atom. The monoisotopic (exact) mass is 500 g/mol. The number of ether oxygens (including phenoxy) is 6. The molecule has 0 N–H and O–H groups in total. The first-order valence-corrected chi connectivity index (χ1v) is 13.0. The molecule has 1 aromatic carbocycles. The Hall–Kier alpha value is -2.19. The smallest absolute Gasteiger partial charge is 0.331 e. The molecule has 3 fully saturated rings. The molecule has 3 aliphatic rings. The predicted octanol–water partition coefficient (Wildman–Crippen LogP) is 4.73. The van der Waals surface area contributed by atoms with Gasteiger partial charge in [-0.25, -0.2) is 4.79 Å². The van der Waals surface area contributed by atoms with Crippen LogP contribution >= 0.6 is 0 Å². The van der Waals surface area contributed by atoms with Crippen molar-refractivity contribution in [3.05, 3.63) is 47.6 Å². The molecule has 4 rings (SSSR count). The molecule has 1 spiro atoms. The summed E-state index contributed by atoms with van der Waals surface area (Å²) in [6, 6.07) is 7.56. The summed E-state index contributed by atoms with van der Waals surface area (Å²) in [6.07, 6.45) is 7.32. The number of allylic oxidation sites excluding steroid dienone is 1. The molecule has 0 bridgehead atoms. The van der Waals surface area contributed by atoms with Gasteiger partial charge in [-0.3, -0.25) is 0 Å². The van der Waals surface area contributed by atoms with Crippen molar-refractivity contribution in [2.45, 2.75) is 76.5 Å². The van der Waals surface area contributed by atoms with Crippen molar-refractivity contribution in [2.24, 2.45) is 5.92 Å². The highest BCUT2D eigenvalue weighted by molar-refractivity contribution is 5.87. The zero-order valence-electron chi connectivity index (χ0n) is 22.2. The van der Waals surface area contributed by atoms with Crippen molar-refractivity contribution in [3.8, 4) is 5.75 Å². The molecule has 2 aliphatic heterocycles. The first kappa shape index (κ1) is 26.9. The molecule has 1 aliphatic carbocycles. The number of hydrogen-bond donors (Lipinski definition) is 0. The van der Waals surface area contributed by atoms with Gasteiger partial charge in [-0.15, -0.1) is 0 Å². The summed E-state index contributed by atoms with van der Waals surface area (Å²) in [7, 11) is 1.69. The Morgan fingerprint density at radius 1 is 1.19 bits per heavy atom. The molecule has 7 heteroatoms. The van der Waals surface area contributed by atoms with Crippen molar-refractivity contribution in [1.82, 2.24) is 0 Å². The van der Waals surface area contributed by atoms with Crippen molar-refractivity contribution in [2.75, 3.05) is 33.5 Å². The highest BCUT2D eigenvalue weighted by atomic mass is 16.6. The molecule has 1 unspecified atom stereocenters. The van der Waals surface area contributed by atoms with Crippen molar-refractivity contribution in [1.29, 1.82) is 0 Å². The second-order valence-electron chi connectivity index (χ2n) is 10.3. The first-order chi connectivity index (χ1) is 17.3. The summed E-state index contributed by atoms with van der Waals surface area (Å²) in [5, 5.41) is 0. The quantitative estimate of drug-likeness (QED) is 0.135. The largest absolute Gasteiger partial charge is 0.491 e. The van der Waals surface area contributed by atoms with E-state index < -0.39 is 0 Å². The topological polar surface area (TPSA) is 79.1 Å². The van der Waals surface area contributed by atoms with Crippen molar-refractivity contribution < 1.29 is 33.2 Å². The van der Waals surface area contributed by atoms with Crippen LogP contribution in [0.5, 0.6) is 5.75 Å². The minimum atomic E-state index is -0.381. The van der Waals surface area contributed by atoms with Gasteiger partial charge in [0.15, 0.2) is 0 Å². The molecule has 0 aromatic heterocycles. The average Bonchev–Trinajstić information content (AvgIpc) is 3.78. The third-order valence-electron chi connectivity index (χ3n) is 7.50. The zero-order valence-corrected chi connectivity index (χ0v) is 22.2. The van der Waals surface area contributed by atoms with Crippen LogP contribution in [0.3, 0.4) is 0 Å². The normalized spacial score (nSPS) is 32.9. The molecule has 36 heavy (non-hydrogen) atoms. The molecule has 7 nitrogen and oxygen atoms in total. The molecule has 1 saturated carbocycles. The van der Waals surface area contributed by atoms with Crippen LogP contribution in [0.1, 0.15) is 52.5 Å². The summed E-state index contributed by atoms with van der Waals surface area (Å²) >= 11 is 0. The fourth-order valence-corrected chi connectivity index (χ4v) is 5.46. The predicted molar refractivity (Wildman–Crippen MR) is 137 cm³/mol. The minimum absolute atomic E-state index is 0.0105. The number of benzene rings is 1. The maximum atomic E-state index is 12.7. The lowest BCUT2D eigenvalue weighted by atomic mass is 9.68. The van der Waals surface area contributed by atoms with Crippen molar-refractivity contribution in [3.63, 3.8) is 0 Å². The van der Waals surface area contributed by atoms with Gasteiger partial charge in [0.1, 0.15) is 35.8 Å². The second-order valence-corrected chi connectivity index (χ2v) is 10.3. The van der Waals surface area contributed by atoms with Crippen LogP contribution in [0.2, 0.25) is 0 Å². The summed E-state index contributed by atoms with van der Waals surface area (Å²) in [5.74, 6) is 0.394. The first-order valence-electron chi connectivity index (χ1n) is 13.0. The number of carbonyl (C=O) groups is 1. The van der Waals surface area contributed by atoms with E-state index in [0.29, 0.717) is 32.8 Å². The highest BCUT2D eigenvalue weighted by Crippen LogP contribution is 2.59. The third kappa shape index (κ3) is 6.20. The lowest BCUT2D eigenvalue weighted by Gasteiger charge is -2.42. The lowest BCUT2D eigenvalue weighted by Crippen LogP contribution is -2.55. The Labute approximate surface area is 214 Å². The third-order valence-corrected chi connectivity index (χ3v) is 7.50. The highest BCUT2D eigenvalue weighted by Gasteiger charge is 2.72. The summed E-state index contributed by atoms with van der Waals surface area (Å²) < 4.78 is 35.0. The van der Waals surface area contributed by atoms with Crippen LogP contribution in [0.4, 0.5) is 0 Å². The number of carbonyl (C=O) groups excluding carboxylic acids is 1. The number of epoxide rings is 2. The number of esters is 1. The van der Waals surface area contributed by atoms with Gasteiger partial charge in [0.25, 0.3) is 0 Å². The van der Waals surface area contributed by atoms with Crippen LogP contribution in [0.15, 0.2) is 42.0 Å². The van der Waals surface area contributed by atoms with Gasteiger partial charge in [-0.2, -0.15) is 0 Å². The van der Waals surface area contributed by atoms with E-state index in [0.717, 1.165) is 24.2 Å². The van der Waals surface area contributed by atoms with Gasteiger partial charge in [0.2, 0.25) is 0 Å². The molecular formula is C29H40O7. The molecule has 0 radical (unpaired) electrons. The van der Waals surface area contributed by atoms with Crippen LogP contribution < -0.4 is 4.74 Å². The van der Waals surface area contributed by atoms with Gasteiger partial charge < -0.3 is 28.4 Å². The molecule has 0 amide bonds. The van der Waals surface area contributed by atoms with E-state index in [-0.39, 0.29) is 41.4 Å². The Bertz CT molecular complexity index is 945. The number of rotatable bonds is 12. The maximum Gasteiger partial charge on any atom is 0.331 e. The molecule has 198 valence electrons. The van der Waals surface area contributed by atoms with Gasteiger partial charge in [-0.1, -0.05) is 23.8 Å². The molecule has 2 saturated heterocycles. The second kappa shape index (κ2) is 11.5. The van der Waals surface area contributed by atoms with Crippen LogP contribution in [0, 0.1) is 5.92 Å². The van der Waals surface area contributed by atoms with E-state index in [1.54, 1.807) is 13.2 Å². The fraction of sp³-hybridized carbons (Fsp3) is 0.621. The molecule has 6 atom stereocenters. The zero-order chi connectivity index (χ0) is 25.8. The molecule has 2 heterocycles. The lowest BCUT2D eigenvalue weighted by molar-refractivity contribution is -0.166. The fourth-order valence-electron chi connectivity index (χ4n) is 5.46. The van der Waals surface area contributed by atoms with E-state index in [2.05, 4.69) is 26.8 Å². The number of methoxy groups -OCH3 is 1. The van der Waals surface area contributed by atoms with Crippen LogP contribution in [-0.2, 0) is 28.5 Å². The summed E-state index contributed by atoms with van der Waals surface area (Å²) in [5.41, 5.74) is 1.58. The van der Waals surface area contributed by atoms with E-state index in [1.807, 2.05) is 31.2 Å².